The van der Waals surface area contributed by atoms with E-state index >= 15 is 0 Å². The van der Waals surface area contributed by atoms with Crippen LogP contribution in [0.5, 0.6) is 11.5 Å². The minimum Gasteiger partial charge on any atom is -0.493 e. The number of hydrogen-bond donors (Lipinski definition) is 1. The molecule has 3 rings (SSSR count). The van der Waals surface area contributed by atoms with E-state index in [4.69, 9.17) is 9.47 Å². The molecule has 1 N–H and O–H groups in total. The van der Waals surface area contributed by atoms with E-state index in [1.807, 2.05) is 18.2 Å². The van der Waals surface area contributed by atoms with Crippen molar-refractivity contribution in [3.63, 3.8) is 0 Å². The summed E-state index contributed by atoms with van der Waals surface area (Å²) in [5.74, 6) is 1.15. The monoisotopic (exact) mass is 390 g/mol. The van der Waals surface area contributed by atoms with Crippen molar-refractivity contribution in [2.24, 2.45) is 0 Å². The van der Waals surface area contributed by atoms with Gasteiger partial charge in [0.05, 0.1) is 7.11 Å². The molecular weight excluding hydrogens is 364 g/mol. The van der Waals surface area contributed by atoms with Gasteiger partial charge in [-0.05, 0) is 42.2 Å². The highest BCUT2D eigenvalue weighted by Gasteiger charge is 2.09. The normalized spacial score (nSPS) is 10.4. The molecule has 0 aliphatic heterocycles. The van der Waals surface area contributed by atoms with Crippen molar-refractivity contribution in [2.75, 3.05) is 12.4 Å². The van der Waals surface area contributed by atoms with E-state index in [0.29, 0.717) is 36.6 Å². The highest BCUT2D eigenvalue weighted by atomic mass is 16.5. The molecule has 5 nitrogen and oxygen atoms in total. The molecule has 0 saturated heterocycles. The first-order chi connectivity index (χ1) is 14.2. The molecule has 150 valence electrons. The van der Waals surface area contributed by atoms with E-state index in [-0.39, 0.29) is 5.91 Å². The predicted octanol–water partition coefficient (Wildman–Crippen LogP) is 4.80. The van der Waals surface area contributed by atoms with Gasteiger partial charge in [0.2, 0.25) is 5.91 Å². The van der Waals surface area contributed by atoms with E-state index in [9.17, 15) is 4.79 Å². The van der Waals surface area contributed by atoms with Gasteiger partial charge in [0.1, 0.15) is 6.61 Å². The van der Waals surface area contributed by atoms with E-state index < -0.39 is 0 Å². The van der Waals surface area contributed by atoms with Gasteiger partial charge in [-0.2, -0.15) is 0 Å². The number of aromatic nitrogens is 1. The Morgan fingerprint density at radius 1 is 1.00 bits per heavy atom. The van der Waals surface area contributed by atoms with Crippen molar-refractivity contribution >= 4 is 11.6 Å². The number of benzene rings is 2. The van der Waals surface area contributed by atoms with E-state index in [2.05, 4.69) is 41.5 Å². The molecule has 0 spiro atoms. The molecule has 0 saturated carbocycles. The van der Waals surface area contributed by atoms with Crippen LogP contribution >= 0.6 is 0 Å². The highest BCUT2D eigenvalue weighted by molar-refractivity contribution is 5.91. The summed E-state index contributed by atoms with van der Waals surface area (Å²) in [4.78, 5) is 16.4. The number of anilines is 1. The van der Waals surface area contributed by atoms with Crippen LogP contribution < -0.4 is 14.8 Å². The molecule has 0 radical (unpaired) electrons. The summed E-state index contributed by atoms with van der Waals surface area (Å²) in [6.07, 6.45) is 5.62. The van der Waals surface area contributed by atoms with Crippen molar-refractivity contribution in [2.45, 2.75) is 32.8 Å². The van der Waals surface area contributed by atoms with Crippen LogP contribution in [-0.2, 0) is 24.2 Å². The Balaban J connectivity index is 1.58. The van der Waals surface area contributed by atoms with Gasteiger partial charge >= 0.3 is 0 Å². The smallest absolute Gasteiger partial charge is 0.224 e. The first kappa shape index (κ1) is 20.4. The molecule has 3 aromatic rings. The number of rotatable bonds is 9. The number of methoxy groups -OCH3 is 1. The number of nitrogens with zero attached hydrogens (tertiary/aromatic N) is 1. The summed E-state index contributed by atoms with van der Waals surface area (Å²) in [6.45, 7) is 2.50. The Kier molecular flexibility index (Phi) is 7.22. The Bertz CT molecular complexity index is 925. The van der Waals surface area contributed by atoms with Crippen LogP contribution in [0.3, 0.4) is 0 Å². The average Bonchev–Trinajstić information content (AvgIpc) is 2.77. The Labute approximate surface area is 171 Å². The zero-order valence-electron chi connectivity index (χ0n) is 16.9. The number of ether oxygens (including phenoxy) is 2. The zero-order valence-corrected chi connectivity index (χ0v) is 16.9. The van der Waals surface area contributed by atoms with Gasteiger partial charge in [-0.15, -0.1) is 0 Å². The second kappa shape index (κ2) is 10.3. The second-order valence-corrected chi connectivity index (χ2v) is 6.73. The number of nitrogens with one attached hydrogen (secondary N) is 1. The first-order valence-electron chi connectivity index (χ1n) is 9.75. The van der Waals surface area contributed by atoms with E-state index in [0.717, 1.165) is 17.5 Å². The van der Waals surface area contributed by atoms with Gasteiger partial charge in [0.15, 0.2) is 11.5 Å². The third-order valence-electron chi connectivity index (χ3n) is 4.64. The summed E-state index contributed by atoms with van der Waals surface area (Å²) >= 11 is 0. The quantitative estimate of drug-likeness (QED) is 0.570. The maximum absolute atomic E-state index is 12.4. The number of amides is 1. The zero-order chi connectivity index (χ0) is 20.5. The number of pyridine rings is 1. The summed E-state index contributed by atoms with van der Waals surface area (Å²) in [6, 6.07) is 17.6. The van der Waals surface area contributed by atoms with Crippen LogP contribution in [0.2, 0.25) is 0 Å². The number of aryl methyl sites for hydroxylation is 2. The Hall–Kier alpha value is -3.34. The van der Waals surface area contributed by atoms with Gasteiger partial charge in [0, 0.05) is 36.1 Å². The van der Waals surface area contributed by atoms with Gasteiger partial charge in [-0.25, -0.2) is 0 Å². The Morgan fingerprint density at radius 3 is 2.48 bits per heavy atom. The van der Waals surface area contributed by atoms with Crippen LogP contribution in [0.25, 0.3) is 0 Å². The molecule has 0 fully saturated rings. The Morgan fingerprint density at radius 2 is 1.79 bits per heavy atom. The second-order valence-electron chi connectivity index (χ2n) is 6.73. The topological polar surface area (TPSA) is 60.5 Å². The standard InChI is InChI=1S/C24H26N2O3/c1-3-18-6-8-19(9-7-18)10-13-24(27)26-21-11-12-22(28-2)23(15-21)29-17-20-5-4-14-25-16-20/h4-9,11-12,14-16H,3,10,13,17H2,1-2H3,(H,26,27). The summed E-state index contributed by atoms with van der Waals surface area (Å²) < 4.78 is 11.2. The molecule has 0 bridgehead atoms. The first-order valence-corrected chi connectivity index (χ1v) is 9.75. The molecule has 1 amide bonds. The number of hydrogen-bond acceptors (Lipinski definition) is 4. The fourth-order valence-corrected chi connectivity index (χ4v) is 2.93. The van der Waals surface area contributed by atoms with Crippen molar-refractivity contribution in [1.29, 1.82) is 0 Å². The molecule has 2 aromatic carbocycles. The number of carbonyl (C=O) groups excluding carboxylic acids is 1. The average molecular weight is 390 g/mol. The van der Waals surface area contributed by atoms with Crippen LogP contribution in [0, 0.1) is 0 Å². The van der Waals surface area contributed by atoms with Gasteiger partial charge < -0.3 is 14.8 Å². The minimum atomic E-state index is -0.0343. The molecule has 29 heavy (non-hydrogen) atoms. The van der Waals surface area contributed by atoms with E-state index in [1.54, 1.807) is 31.6 Å². The van der Waals surface area contributed by atoms with Crippen molar-refractivity contribution in [1.82, 2.24) is 4.98 Å². The highest BCUT2D eigenvalue weighted by Crippen LogP contribution is 2.31. The van der Waals surface area contributed by atoms with Crippen molar-refractivity contribution < 1.29 is 14.3 Å². The molecule has 0 aliphatic carbocycles. The molecule has 0 atom stereocenters. The largest absolute Gasteiger partial charge is 0.493 e. The predicted molar refractivity (Wildman–Crippen MR) is 114 cm³/mol. The maximum atomic E-state index is 12.4. The summed E-state index contributed by atoms with van der Waals surface area (Å²) in [5, 5.41) is 2.94. The van der Waals surface area contributed by atoms with Crippen LogP contribution in [0.1, 0.15) is 30.0 Å². The molecular formula is C24H26N2O3. The van der Waals surface area contributed by atoms with Crippen molar-refractivity contribution in [3.05, 3.63) is 83.7 Å². The lowest BCUT2D eigenvalue weighted by Crippen LogP contribution is -2.12. The van der Waals surface area contributed by atoms with E-state index in [1.165, 1.54) is 5.56 Å². The summed E-state index contributed by atoms with van der Waals surface area (Å²) in [7, 11) is 1.59. The third kappa shape index (κ3) is 6.07. The van der Waals surface area contributed by atoms with Crippen LogP contribution in [0.15, 0.2) is 67.0 Å². The van der Waals surface area contributed by atoms with Crippen LogP contribution in [-0.4, -0.2) is 18.0 Å². The third-order valence-corrected chi connectivity index (χ3v) is 4.64. The fraction of sp³-hybridized carbons (Fsp3) is 0.250. The molecule has 1 aromatic heterocycles. The maximum Gasteiger partial charge on any atom is 0.224 e. The van der Waals surface area contributed by atoms with Crippen LogP contribution in [0.4, 0.5) is 5.69 Å². The lowest BCUT2D eigenvalue weighted by atomic mass is 10.1. The van der Waals surface area contributed by atoms with Gasteiger partial charge in [-0.3, -0.25) is 9.78 Å². The SMILES string of the molecule is CCc1ccc(CCC(=O)Nc2ccc(OC)c(OCc3cccnc3)c2)cc1. The van der Waals surface area contributed by atoms with Crippen molar-refractivity contribution in [3.8, 4) is 11.5 Å². The lowest BCUT2D eigenvalue weighted by Gasteiger charge is -2.13. The molecule has 0 aliphatic rings. The van der Waals surface area contributed by atoms with Gasteiger partial charge in [0.25, 0.3) is 0 Å². The summed E-state index contributed by atoms with van der Waals surface area (Å²) in [5.41, 5.74) is 4.10. The molecule has 1 heterocycles. The fourth-order valence-electron chi connectivity index (χ4n) is 2.93. The van der Waals surface area contributed by atoms with Gasteiger partial charge in [-0.1, -0.05) is 37.3 Å². The lowest BCUT2D eigenvalue weighted by molar-refractivity contribution is -0.116. The minimum absolute atomic E-state index is 0.0343. The molecule has 0 unspecified atom stereocenters. The number of carbonyl (C=O) groups is 1. The molecule has 5 heteroatoms.